The Kier molecular flexibility index (Phi) is 8.98. The van der Waals surface area contributed by atoms with Gasteiger partial charge in [-0.25, -0.2) is 0 Å². The summed E-state index contributed by atoms with van der Waals surface area (Å²) in [6, 6.07) is 0. The second-order valence-corrected chi connectivity index (χ2v) is 4.38. The molecule has 0 aromatic heterocycles. The van der Waals surface area contributed by atoms with Gasteiger partial charge in [-0.15, -0.1) is 12.3 Å². The smallest absolute Gasteiger partial charge is 0.324 e. The average Bonchev–Trinajstić information content (AvgIpc) is 2.38. The second kappa shape index (κ2) is 9.62. The van der Waals surface area contributed by atoms with E-state index in [-0.39, 0.29) is 26.1 Å². The Balaban J connectivity index is 5.33. The third kappa shape index (κ3) is 5.07. The Labute approximate surface area is 122 Å². The van der Waals surface area contributed by atoms with E-state index >= 15 is 0 Å². The number of terminal acetylenes is 1. The first-order chi connectivity index (χ1) is 9.08. The molecule has 0 aromatic carbocycles. The molecule has 0 amide bonds. The van der Waals surface area contributed by atoms with E-state index in [1.54, 1.807) is 26.0 Å². The fourth-order valence-electron chi connectivity index (χ4n) is 1.53. The zero-order chi connectivity index (χ0) is 14.7. The highest BCUT2D eigenvalue weighted by Gasteiger charge is 2.47. The van der Waals surface area contributed by atoms with Crippen LogP contribution in [0.1, 0.15) is 26.7 Å². The monoisotopic (exact) mass is 330 g/mol. The van der Waals surface area contributed by atoms with Gasteiger partial charge in [0.05, 0.1) is 13.2 Å². The van der Waals surface area contributed by atoms with Gasteiger partial charge in [0.15, 0.2) is 5.41 Å². The van der Waals surface area contributed by atoms with E-state index < -0.39 is 17.4 Å². The molecule has 0 aromatic rings. The molecular formula is C14H19BrO4. The molecule has 19 heavy (non-hydrogen) atoms. The quantitative estimate of drug-likeness (QED) is 0.225. The van der Waals surface area contributed by atoms with Gasteiger partial charge in [0, 0.05) is 11.8 Å². The summed E-state index contributed by atoms with van der Waals surface area (Å²) < 4.78 is 9.95. The number of allylic oxidation sites excluding steroid dienone is 2. The van der Waals surface area contributed by atoms with Crippen molar-refractivity contribution in [2.75, 3.05) is 18.5 Å². The van der Waals surface area contributed by atoms with E-state index in [1.807, 2.05) is 0 Å². The molecular weight excluding hydrogens is 312 g/mol. The highest BCUT2D eigenvalue weighted by molar-refractivity contribution is 9.09. The van der Waals surface area contributed by atoms with Crippen LogP contribution < -0.4 is 0 Å². The number of esters is 2. The third-order valence-electron chi connectivity index (χ3n) is 2.46. The first kappa shape index (κ1) is 17.7. The van der Waals surface area contributed by atoms with Gasteiger partial charge in [-0.1, -0.05) is 28.1 Å². The third-order valence-corrected chi connectivity index (χ3v) is 2.83. The molecule has 5 heteroatoms. The molecule has 106 valence electrons. The SMILES string of the molecule is C#CCC(C/C=C\CBr)(C(=O)OCC)C(=O)OCC. The number of ether oxygens (including phenoxy) is 2. The van der Waals surface area contributed by atoms with Crippen molar-refractivity contribution in [3.05, 3.63) is 12.2 Å². The predicted molar refractivity (Wildman–Crippen MR) is 76.7 cm³/mol. The standard InChI is InChI=1S/C14H19BrO4/c1-4-9-14(10-7-8-11-15,12(16)18-5-2)13(17)19-6-3/h1,7-8H,5-6,9-11H2,2-3H3/b8-7-. The van der Waals surface area contributed by atoms with Gasteiger partial charge in [-0.3, -0.25) is 9.59 Å². The van der Waals surface area contributed by atoms with Crippen molar-refractivity contribution in [2.45, 2.75) is 26.7 Å². The van der Waals surface area contributed by atoms with Crippen molar-refractivity contribution in [2.24, 2.45) is 5.41 Å². The molecule has 0 saturated carbocycles. The molecule has 0 heterocycles. The predicted octanol–water partition coefficient (Wildman–Crippen LogP) is 2.46. The first-order valence-electron chi connectivity index (χ1n) is 6.07. The number of hydrogen-bond acceptors (Lipinski definition) is 4. The van der Waals surface area contributed by atoms with Gasteiger partial charge in [0.2, 0.25) is 0 Å². The van der Waals surface area contributed by atoms with Crippen LogP contribution in [0.4, 0.5) is 0 Å². The Bertz CT molecular complexity index is 350. The number of halogens is 1. The lowest BCUT2D eigenvalue weighted by atomic mass is 9.81. The Morgan fingerprint density at radius 1 is 1.21 bits per heavy atom. The van der Waals surface area contributed by atoms with E-state index in [0.29, 0.717) is 5.33 Å². The van der Waals surface area contributed by atoms with E-state index in [2.05, 4.69) is 21.9 Å². The van der Waals surface area contributed by atoms with Gasteiger partial charge in [-0.2, -0.15) is 0 Å². The molecule has 0 aliphatic heterocycles. The molecule has 0 saturated heterocycles. The van der Waals surface area contributed by atoms with E-state index in [1.165, 1.54) is 0 Å². The normalized spacial score (nSPS) is 11.1. The first-order valence-corrected chi connectivity index (χ1v) is 7.20. The van der Waals surface area contributed by atoms with Crippen LogP contribution in [0.25, 0.3) is 0 Å². The Morgan fingerprint density at radius 2 is 1.74 bits per heavy atom. The van der Waals surface area contributed by atoms with Crippen molar-refractivity contribution in [1.82, 2.24) is 0 Å². The lowest BCUT2D eigenvalue weighted by Gasteiger charge is -2.26. The van der Waals surface area contributed by atoms with E-state index in [0.717, 1.165) is 0 Å². The van der Waals surface area contributed by atoms with Crippen LogP contribution in [-0.4, -0.2) is 30.5 Å². The van der Waals surface area contributed by atoms with Crippen LogP contribution in [0.5, 0.6) is 0 Å². The minimum absolute atomic E-state index is 0.0444. The molecule has 0 radical (unpaired) electrons. The Morgan fingerprint density at radius 3 is 2.11 bits per heavy atom. The minimum Gasteiger partial charge on any atom is -0.465 e. The summed E-state index contributed by atoms with van der Waals surface area (Å²) in [4.78, 5) is 24.2. The molecule has 0 unspecified atom stereocenters. The Hall–Kier alpha value is -1.28. The summed E-state index contributed by atoms with van der Waals surface area (Å²) >= 11 is 3.23. The summed E-state index contributed by atoms with van der Waals surface area (Å²) in [5.74, 6) is 1.10. The van der Waals surface area contributed by atoms with Crippen LogP contribution in [0.15, 0.2) is 12.2 Å². The largest absolute Gasteiger partial charge is 0.465 e. The molecule has 0 aliphatic carbocycles. The fraction of sp³-hybridized carbons (Fsp3) is 0.571. The maximum absolute atomic E-state index is 12.1. The topological polar surface area (TPSA) is 52.6 Å². The highest BCUT2D eigenvalue weighted by atomic mass is 79.9. The molecule has 0 aliphatic rings. The summed E-state index contributed by atoms with van der Waals surface area (Å²) in [6.07, 6.45) is 8.93. The average molecular weight is 331 g/mol. The zero-order valence-corrected chi connectivity index (χ0v) is 12.9. The highest BCUT2D eigenvalue weighted by Crippen LogP contribution is 2.31. The van der Waals surface area contributed by atoms with Gasteiger partial charge in [0.25, 0.3) is 0 Å². The number of rotatable bonds is 8. The minimum atomic E-state index is -1.44. The van der Waals surface area contributed by atoms with Crippen LogP contribution in [0.3, 0.4) is 0 Å². The van der Waals surface area contributed by atoms with Crippen molar-refractivity contribution in [1.29, 1.82) is 0 Å². The summed E-state index contributed by atoms with van der Waals surface area (Å²) in [7, 11) is 0. The summed E-state index contributed by atoms with van der Waals surface area (Å²) in [5.41, 5.74) is -1.44. The molecule has 0 rings (SSSR count). The van der Waals surface area contributed by atoms with Crippen molar-refractivity contribution >= 4 is 27.9 Å². The van der Waals surface area contributed by atoms with Crippen molar-refractivity contribution in [3.8, 4) is 12.3 Å². The summed E-state index contributed by atoms with van der Waals surface area (Å²) in [6.45, 7) is 3.73. The van der Waals surface area contributed by atoms with E-state index in [4.69, 9.17) is 15.9 Å². The molecule has 0 bridgehead atoms. The van der Waals surface area contributed by atoms with Crippen LogP contribution in [0.2, 0.25) is 0 Å². The van der Waals surface area contributed by atoms with Gasteiger partial charge >= 0.3 is 11.9 Å². The lowest BCUT2D eigenvalue weighted by molar-refractivity contribution is -0.171. The fourth-order valence-corrected chi connectivity index (χ4v) is 1.79. The van der Waals surface area contributed by atoms with Gasteiger partial charge < -0.3 is 9.47 Å². The number of hydrogen-bond donors (Lipinski definition) is 0. The van der Waals surface area contributed by atoms with E-state index in [9.17, 15) is 9.59 Å². The van der Waals surface area contributed by atoms with Gasteiger partial charge in [-0.05, 0) is 20.3 Å². The maximum atomic E-state index is 12.1. The maximum Gasteiger partial charge on any atom is 0.324 e. The molecule has 0 atom stereocenters. The van der Waals surface area contributed by atoms with Crippen molar-refractivity contribution < 1.29 is 19.1 Å². The molecule has 0 spiro atoms. The number of carbonyl (C=O) groups is 2. The summed E-state index contributed by atoms with van der Waals surface area (Å²) in [5, 5.41) is 0.630. The van der Waals surface area contributed by atoms with Crippen LogP contribution >= 0.6 is 15.9 Å². The molecule has 0 fully saturated rings. The molecule has 4 nitrogen and oxygen atoms in total. The van der Waals surface area contributed by atoms with Crippen LogP contribution in [0, 0.1) is 17.8 Å². The number of carbonyl (C=O) groups excluding carboxylic acids is 2. The molecule has 0 N–H and O–H groups in total. The zero-order valence-electron chi connectivity index (χ0n) is 11.3. The van der Waals surface area contributed by atoms with Gasteiger partial charge in [0.1, 0.15) is 0 Å². The van der Waals surface area contributed by atoms with Crippen molar-refractivity contribution in [3.63, 3.8) is 0 Å². The second-order valence-electron chi connectivity index (χ2n) is 3.73. The van der Waals surface area contributed by atoms with Crippen LogP contribution in [-0.2, 0) is 19.1 Å². The lowest BCUT2D eigenvalue weighted by Crippen LogP contribution is -2.41. The number of alkyl halides is 1.